The molecule has 1 aliphatic rings. The Morgan fingerprint density at radius 3 is 2.67 bits per heavy atom. The van der Waals surface area contributed by atoms with Gasteiger partial charge in [0, 0.05) is 29.3 Å². The summed E-state index contributed by atoms with van der Waals surface area (Å²) in [5.41, 5.74) is 8.19. The molecule has 1 aromatic rings. The molecule has 0 bridgehead atoms. The lowest BCUT2D eigenvalue weighted by molar-refractivity contribution is 0.297. The van der Waals surface area contributed by atoms with E-state index in [1.54, 1.807) is 0 Å². The molecule has 3 heteroatoms. The van der Waals surface area contributed by atoms with Crippen molar-refractivity contribution in [3.63, 3.8) is 0 Å². The fourth-order valence-electron chi connectivity index (χ4n) is 2.94. The molecule has 100 valence electrons. The molecule has 2 nitrogen and oxygen atoms in total. The molecule has 0 amide bonds. The van der Waals surface area contributed by atoms with E-state index in [1.807, 2.05) is 0 Å². The van der Waals surface area contributed by atoms with Gasteiger partial charge in [0.2, 0.25) is 0 Å². The minimum Gasteiger partial charge on any atom is -0.368 e. The molecular formula is C15H23BrN2. The Bertz CT molecular complexity index is 419. The van der Waals surface area contributed by atoms with Crippen LogP contribution >= 0.6 is 15.9 Å². The van der Waals surface area contributed by atoms with Crippen LogP contribution in [0.4, 0.5) is 5.69 Å². The molecule has 0 aromatic heterocycles. The highest BCUT2D eigenvalue weighted by Crippen LogP contribution is 2.33. The van der Waals surface area contributed by atoms with Crippen LogP contribution in [-0.4, -0.2) is 12.6 Å². The highest BCUT2D eigenvalue weighted by Gasteiger charge is 2.28. The molecule has 2 N–H and O–H groups in total. The highest BCUT2D eigenvalue weighted by molar-refractivity contribution is 9.10. The van der Waals surface area contributed by atoms with Crippen molar-refractivity contribution in [2.45, 2.75) is 39.8 Å². The molecule has 0 spiro atoms. The summed E-state index contributed by atoms with van der Waals surface area (Å²) in [5.74, 6) is 1.52. The van der Waals surface area contributed by atoms with Crippen LogP contribution in [0.2, 0.25) is 0 Å². The second kappa shape index (κ2) is 5.62. The van der Waals surface area contributed by atoms with Gasteiger partial charge in [-0.2, -0.15) is 0 Å². The molecule has 0 saturated carbocycles. The molecule has 1 heterocycles. The van der Waals surface area contributed by atoms with E-state index in [0.29, 0.717) is 12.6 Å². The van der Waals surface area contributed by atoms with Crippen molar-refractivity contribution in [3.05, 3.63) is 28.2 Å². The molecule has 1 fully saturated rings. The first-order chi connectivity index (χ1) is 8.52. The first-order valence-electron chi connectivity index (χ1n) is 6.78. The van der Waals surface area contributed by atoms with Gasteiger partial charge in [-0.05, 0) is 42.9 Å². The standard InChI is InChI=1S/C15H23BrN2/c1-10-6-11(2)12(3)18(9-10)14-5-4-13(8-17)15(16)7-14/h4-5,7,10-12H,6,8-9,17H2,1-3H3. The Hall–Kier alpha value is -0.540. The summed E-state index contributed by atoms with van der Waals surface area (Å²) in [4.78, 5) is 2.53. The minimum atomic E-state index is 0.587. The van der Waals surface area contributed by atoms with Gasteiger partial charge in [-0.25, -0.2) is 0 Å². The van der Waals surface area contributed by atoms with Crippen molar-refractivity contribution < 1.29 is 0 Å². The van der Waals surface area contributed by atoms with Crippen LogP contribution in [0.1, 0.15) is 32.8 Å². The lowest BCUT2D eigenvalue weighted by Crippen LogP contribution is -2.45. The zero-order valence-corrected chi connectivity index (χ0v) is 13.1. The van der Waals surface area contributed by atoms with E-state index in [9.17, 15) is 0 Å². The first-order valence-corrected chi connectivity index (χ1v) is 7.57. The van der Waals surface area contributed by atoms with E-state index >= 15 is 0 Å². The van der Waals surface area contributed by atoms with Gasteiger partial charge in [-0.3, -0.25) is 0 Å². The third-order valence-electron chi connectivity index (χ3n) is 4.19. The molecule has 18 heavy (non-hydrogen) atoms. The predicted molar refractivity (Wildman–Crippen MR) is 81.8 cm³/mol. The van der Waals surface area contributed by atoms with E-state index < -0.39 is 0 Å². The summed E-state index contributed by atoms with van der Waals surface area (Å²) >= 11 is 3.62. The molecule has 3 atom stereocenters. The number of rotatable bonds is 2. The Balaban J connectivity index is 2.27. The number of hydrogen-bond acceptors (Lipinski definition) is 2. The normalized spacial score (nSPS) is 28.5. The first kappa shape index (κ1) is 13.9. The van der Waals surface area contributed by atoms with E-state index in [1.165, 1.54) is 17.7 Å². The summed E-state index contributed by atoms with van der Waals surface area (Å²) in [5, 5.41) is 0. The number of benzene rings is 1. The minimum absolute atomic E-state index is 0.587. The molecule has 2 rings (SSSR count). The lowest BCUT2D eigenvalue weighted by Gasteiger charge is -2.42. The third-order valence-corrected chi connectivity index (χ3v) is 4.92. The summed E-state index contributed by atoms with van der Waals surface area (Å²) < 4.78 is 1.13. The summed E-state index contributed by atoms with van der Waals surface area (Å²) in [7, 11) is 0. The number of hydrogen-bond donors (Lipinski definition) is 1. The Morgan fingerprint density at radius 1 is 1.33 bits per heavy atom. The fraction of sp³-hybridized carbons (Fsp3) is 0.600. The number of anilines is 1. The maximum Gasteiger partial charge on any atom is 0.0380 e. The number of nitrogens with zero attached hydrogens (tertiary/aromatic N) is 1. The Kier molecular flexibility index (Phi) is 4.33. The van der Waals surface area contributed by atoms with Gasteiger partial charge in [-0.1, -0.05) is 35.8 Å². The Morgan fingerprint density at radius 2 is 2.06 bits per heavy atom. The van der Waals surface area contributed by atoms with Crippen molar-refractivity contribution in [1.82, 2.24) is 0 Å². The summed E-state index contributed by atoms with van der Waals surface area (Å²) in [6.45, 7) is 8.78. The molecule has 1 saturated heterocycles. The van der Waals surface area contributed by atoms with E-state index in [0.717, 1.165) is 22.9 Å². The van der Waals surface area contributed by atoms with Crippen molar-refractivity contribution in [2.24, 2.45) is 17.6 Å². The van der Waals surface area contributed by atoms with Crippen molar-refractivity contribution in [2.75, 3.05) is 11.4 Å². The number of halogens is 1. The molecule has 3 unspecified atom stereocenters. The van der Waals surface area contributed by atoms with E-state index in [-0.39, 0.29) is 0 Å². The predicted octanol–water partition coefficient (Wildman–Crippen LogP) is 3.78. The van der Waals surface area contributed by atoms with Gasteiger partial charge in [0.05, 0.1) is 0 Å². The average molecular weight is 311 g/mol. The van der Waals surface area contributed by atoms with Crippen LogP contribution in [0.5, 0.6) is 0 Å². The van der Waals surface area contributed by atoms with E-state index in [4.69, 9.17) is 5.73 Å². The monoisotopic (exact) mass is 310 g/mol. The van der Waals surface area contributed by atoms with Crippen LogP contribution in [-0.2, 0) is 6.54 Å². The smallest absolute Gasteiger partial charge is 0.0380 e. The lowest BCUT2D eigenvalue weighted by atomic mass is 9.85. The van der Waals surface area contributed by atoms with Crippen LogP contribution < -0.4 is 10.6 Å². The topological polar surface area (TPSA) is 29.3 Å². The highest BCUT2D eigenvalue weighted by atomic mass is 79.9. The fourth-order valence-corrected chi connectivity index (χ4v) is 3.46. The van der Waals surface area contributed by atoms with Crippen molar-refractivity contribution >= 4 is 21.6 Å². The van der Waals surface area contributed by atoms with E-state index in [2.05, 4.69) is 59.8 Å². The maximum absolute atomic E-state index is 5.71. The van der Waals surface area contributed by atoms with Crippen LogP contribution in [0.15, 0.2) is 22.7 Å². The van der Waals surface area contributed by atoms with Crippen molar-refractivity contribution in [3.8, 4) is 0 Å². The van der Waals surface area contributed by atoms with Gasteiger partial charge in [-0.15, -0.1) is 0 Å². The number of piperidine rings is 1. The zero-order valence-electron chi connectivity index (χ0n) is 11.5. The van der Waals surface area contributed by atoms with Crippen LogP contribution in [0.3, 0.4) is 0 Å². The number of nitrogens with two attached hydrogens (primary N) is 1. The maximum atomic E-state index is 5.71. The Labute approximate surface area is 119 Å². The average Bonchev–Trinajstić information content (AvgIpc) is 2.33. The SMILES string of the molecule is CC1CC(C)C(C)N(c2ccc(CN)c(Br)c2)C1. The van der Waals surface area contributed by atoms with Crippen LogP contribution in [0.25, 0.3) is 0 Å². The largest absolute Gasteiger partial charge is 0.368 e. The van der Waals surface area contributed by atoms with Gasteiger partial charge >= 0.3 is 0 Å². The summed E-state index contributed by atoms with van der Waals surface area (Å²) in [6.07, 6.45) is 1.33. The summed E-state index contributed by atoms with van der Waals surface area (Å²) in [6, 6.07) is 7.16. The zero-order chi connectivity index (χ0) is 13.3. The third kappa shape index (κ3) is 2.72. The molecule has 0 aliphatic carbocycles. The second-order valence-electron chi connectivity index (χ2n) is 5.69. The molecule has 1 aromatic carbocycles. The molecular weight excluding hydrogens is 288 g/mol. The quantitative estimate of drug-likeness (QED) is 0.900. The molecule has 1 aliphatic heterocycles. The van der Waals surface area contributed by atoms with Gasteiger partial charge in [0.1, 0.15) is 0 Å². The van der Waals surface area contributed by atoms with Gasteiger partial charge < -0.3 is 10.6 Å². The molecule has 0 radical (unpaired) electrons. The van der Waals surface area contributed by atoms with Crippen molar-refractivity contribution in [1.29, 1.82) is 0 Å². The second-order valence-corrected chi connectivity index (χ2v) is 6.55. The van der Waals surface area contributed by atoms with Gasteiger partial charge in [0.15, 0.2) is 0 Å². The van der Waals surface area contributed by atoms with Crippen LogP contribution in [0, 0.1) is 11.8 Å². The van der Waals surface area contributed by atoms with Gasteiger partial charge in [0.25, 0.3) is 0 Å².